The number of anilines is 1. The summed E-state index contributed by atoms with van der Waals surface area (Å²) in [6.07, 6.45) is -0.879. The Balaban J connectivity index is 1.25. The van der Waals surface area contributed by atoms with E-state index in [1.54, 1.807) is 149 Å². The number of aromatic nitrogens is 4. The Kier molecular flexibility index (Phi) is 23.0. The molecule has 0 saturated carbocycles. The number of H-pyrrole nitrogens is 1. The maximum Gasteiger partial charge on any atom is 0.323 e. The lowest BCUT2D eigenvalue weighted by molar-refractivity contribution is -0.146. The SMILES string of the molecule is CCOC(=O)[C@H](Cc1ccccc1)NP(=O)(CC(=O)N1C[C@@H](n2cnc3c(=O)[nH]c(N)nc32)[C@H](OC[C@@H](O)P(=O)(N[C@@H](Cc2ccccc2)C(=O)OCC)N[C@@H](Cc2ccccc2)C(=O)OCC)C1)N[C@@H](Cc1ccccc1)C(=O)OCC. The number of nitrogens with two attached hydrogens (primary N) is 1. The van der Waals surface area contributed by atoms with Gasteiger partial charge in [-0.2, -0.15) is 4.98 Å². The van der Waals surface area contributed by atoms with E-state index >= 15 is 13.9 Å². The zero-order valence-corrected chi connectivity index (χ0v) is 48.5. The van der Waals surface area contributed by atoms with Crippen LogP contribution in [0.2, 0.25) is 0 Å². The molecular weight excluding hydrogens is 1110 g/mol. The molecule has 3 heterocycles. The molecule has 2 aromatic heterocycles. The molecule has 1 fully saturated rings. The first-order chi connectivity index (χ1) is 39.9. The topological polar surface area (TPSA) is 327 Å². The van der Waals surface area contributed by atoms with Gasteiger partial charge in [-0.25, -0.2) is 25.3 Å². The summed E-state index contributed by atoms with van der Waals surface area (Å²) >= 11 is 0. The van der Waals surface area contributed by atoms with Crippen molar-refractivity contribution in [2.45, 2.75) is 95.5 Å². The van der Waals surface area contributed by atoms with Crippen LogP contribution >= 0.6 is 14.9 Å². The summed E-state index contributed by atoms with van der Waals surface area (Å²) in [5.74, 6) is -6.22. The van der Waals surface area contributed by atoms with Gasteiger partial charge in [0, 0.05) is 13.1 Å². The Morgan fingerprint density at radius 3 is 1.40 bits per heavy atom. The van der Waals surface area contributed by atoms with E-state index in [4.69, 9.17) is 29.4 Å². The molecule has 1 amide bonds. The van der Waals surface area contributed by atoms with E-state index < -0.39 is 105 Å². The molecule has 0 radical (unpaired) electrons. The number of hydrogen-bond acceptors (Lipinski definition) is 17. The summed E-state index contributed by atoms with van der Waals surface area (Å²) in [5, 5.41) is 24.0. The van der Waals surface area contributed by atoms with Crippen molar-refractivity contribution in [2.24, 2.45) is 0 Å². The molecule has 4 aromatic carbocycles. The molecule has 1 aliphatic heterocycles. The predicted molar refractivity (Wildman–Crippen MR) is 309 cm³/mol. The number of rotatable bonds is 31. The van der Waals surface area contributed by atoms with E-state index in [-0.39, 0.29) is 82.3 Å². The molecular formula is C57H72N10O14P2. The second-order valence-electron chi connectivity index (χ2n) is 19.5. The average Bonchev–Trinajstić information content (AvgIpc) is 3.39. The zero-order chi connectivity index (χ0) is 59.5. The highest BCUT2D eigenvalue weighted by Gasteiger charge is 2.45. The summed E-state index contributed by atoms with van der Waals surface area (Å²) < 4.78 is 61.3. The number of nitrogens with one attached hydrogen (secondary N) is 5. The standard InChI is InChI=1S/C57H72N10O14P2/c1-5-77-53(71)42(29-38-21-13-9-14-22-38)62-82(75,63-43(54(72)78-6-2)30-39-23-15-10-16-24-39)36-48(68)66-33-46(67-37-59-50-51(67)60-57(58)61-52(50)70)47(34-66)81-35-49(69)83(76,64-44(55(73)79-7-3)31-40-25-17-11-18-26-40)65-45(56(74)80-8-4)32-41-27-19-12-20-28-41/h9-28,37,42-47,49,69H,5-8,29-36H2,1-4H3,(H2,62,63,75)(H2,64,65,76)(H3,58,60,61,70)/t42-,43-,44-,45-,46+,47+,49-/m0/s1. The number of carbonyl (C=O) groups excluding carboxylic acids is 5. The van der Waals surface area contributed by atoms with Crippen LogP contribution in [0.15, 0.2) is 132 Å². The number of benzene rings is 4. The van der Waals surface area contributed by atoms with Gasteiger partial charge < -0.3 is 44.0 Å². The minimum Gasteiger partial charge on any atom is -0.465 e. The summed E-state index contributed by atoms with van der Waals surface area (Å²) in [6, 6.07) is 29.0. The normalized spacial score (nSPS) is 16.3. The van der Waals surface area contributed by atoms with Crippen molar-refractivity contribution < 1.29 is 61.9 Å². The lowest BCUT2D eigenvalue weighted by atomic mass is 10.1. The zero-order valence-electron chi connectivity index (χ0n) is 46.7. The van der Waals surface area contributed by atoms with Crippen LogP contribution in [0, 0.1) is 0 Å². The number of nitrogens with zero attached hydrogens (tertiary/aromatic N) is 4. The van der Waals surface area contributed by atoms with Crippen molar-refractivity contribution in [1.29, 1.82) is 0 Å². The molecule has 6 aromatic rings. The number of likely N-dealkylation sites (tertiary alicyclic amines) is 1. The molecule has 1 saturated heterocycles. The number of nitrogen functional groups attached to an aromatic ring is 1. The smallest absolute Gasteiger partial charge is 0.323 e. The Bertz CT molecular complexity index is 3130. The van der Waals surface area contributed by atoms with Gasteiger partial charge in [0.25, 0.3) is 5.56 Å². The average molecular weight is 1180 g/mol. The van der Waals surface area contributed by atoms with Crippen LogP contribution in [0.4, 0.5) is 5.95 Å². The Morgan fingerprint density at radius 2 is 1.01 bits per heavy atom. The number of aliphatic hydroxyl groups is 1. The third-order valence-corrected chi connectivity index (χ3v) is 18.0. The lowest BCUT2D eigenvalue weighted by Crippen LogP contribution is -2.49. The number of esters is 4. The van der Waals surface area contributed by atoms with E-state index in [1.165, 1.54) is 15.8 Å². The van der Waals surface area contributed by atoms with Crippen LogP contribution in [0.25, 0.3) is 11.2 Å². The van der Waals surface area contributed by atoms with Gasteiger partial charge in [-0.3, -0.25) is 42.9 Å². The van der Waals surface area contributed by atoms with Crippen molar-refractivity contribution in [1.82, 2.24) is 44.8 Å². The molecule has 7 rings (SSSR count). The van der Waals surface area contributed by atoms with Crippen LogP contribution < -0.4 is 31.6 Å². The van der Waals surface area contributed by atoms with Crippen molar-refractivity contribution in [2.75, 3.05) is 58.0 Å². The summed E-state index contributed by atoms with van der Waals surface area (Å²) in [5.41, 5.74) is 7.88. The molecule has 0 spiro atoms. The number of fused-ring (bicyclic) bond motifs is 1. The molecule has 0 aliphatic carbocycles. The highest BCUT2D eigenvalue weighted by atomic mass is 31.2. The largest absolute Gasteiger partial charge is 0.465 e. The molecule has 1 aliphatic rings. The fraction of sp³-hybridized carbons (Fsp3) is 0.404. The molecule has 444 valence electrons. The number of aliphatic hydroxyl groups excluding tert-OH is 1. The first-order valence-corrected chi connectivity index (χ1v) is 31.0. The van der Waals surface area contributed by atoms with Crippen LogP contribution in [-0.4, -0.2) is 148 Å². The third-order valence-electron chi connectivity index (χ3n) is 13.5. The van der Waals surface area contributed by atoms with Crippen LogP contribution in [0.1, 0.15) is 56.0 Å². The lowest BCUT2D eigenvalue weighted by Gasteiger charge is -2.32. The van der Waals surface area contributed by atoms with Crippen molar-refractivity contribution in [3.63, 3.8) is 0 Å². The van der Waals surface area contributed by atoms with E-state index in [2.05, 4.69) is 35.3 Å². The highest BCUT2D eigenvalue weighted by molar-refractivity contribution is 7.61. The van der Waals surface area contributed by atoms with E-state index in [9.17, 15) is 29.1 Å². The van der Waals surface area contributed by atoms with Gasteiger partial charge in [0.1, 0.15) is 30.3 Å². The first-order valence-electron chi connectivity index (χ1n) is 27.4. The Hall–Kier alpha value is -7.40. The maximum absolute atomic E-state index is 15.8. The van der Waals surface area contributed by atoms with Gasteiger partial charge in [-0.1, -0.05) is 121 Å². The number of aromatic amines is 1. The summed E-state index contributed by atoms with van der Waals surface area (Å²) in [4.78, 5) is 95.7. The molecule has 26 heteroatoms. The predicted octanol–water partition coefficient (Wildman–Crippen LogP) is 4.23. The number of carbonyl (C=O) groups is 5. The molecule has 0 bridgehead atoms. The van der Waals surface area contributed by atoms with Gasteiger partial charge >= 0.3 is 23.9 Å². The summed E-state index contributed by atoms with van der Waals surface area (Å²) in [6.45, 7) is 4.98. The fourth-order valence-electron chi connectivity index (χ4n) is 9.58. The number of hydrogen-bond donors (Lipinski definition) is 7. The van der Waals surface area contributed by atoms with Crippen molar-refractivity contribution >= 4 is 61.8 Å². The molecule has 8 N–H and O–H groups in total. The first kappa shape index (κ1) is 63.2. The number of amides is 1. The van der Waals surface area contributed by atoms with Crippen LogP contribution in [0.5, 0.6) is 0 Å². The van der Waals surface area contributed by atoms with Gasteiger partial charge in [0.2, 0.25) is 26.7 Å². The van der Waals surface area contributed by atoms with E-state index in [0.29, 0.717) is 22.3 Å². The van der Waals surface area contributed by atoms with Gasteiger partial charge in [0.05, 0.1) is 51.5 Å². The molecule has 83 heavy (non-hydrogen) atoms. The minimum absolute atomic E-state index is 0.00420. The van der Waals surface area contributed by atoms with Gasteiger partial charge in [-0.05, 0) is 75.6 Å². The third kappa shape index (κ3) is 17.6. The number of imidazole rings is 1. The monoisotopic (exact) mass is 1180 g/mol. The minimum atomic E-state index is -4.68. The summed E-state index contributed by atoms with van der Waals surface area (Å²) in [7, 11) is -9.16. The van der Waals surface area contributed by atoms with Gasteiger partial charge in [-0.15, -0.1) is 0 Å². The maximum atomic E-state index is 15.8. The molecule has 7 atom stereocenters. The molecule has 24 nitrogen and oxygen atoms in total. The Morgan fingerprint density at radius 1 is 0.627 bits per heavy atom. The number of ether oxygens (including phenoxy) is 5. The van der Waals surface area contributed by atoms with Crippen LogP contribution in [0.3, 0.4) is 0 Å². The Labute approximate surface area is 480 Å². The van der Waals surface area contributed by atoms with Crippen molar-refractivity contribution in [3.8, 4) is 0 Å². The van der Waals surface area contributed by atoms with Crippen LogP contribution in [-0.2, 0) is 82.5 Å². The fourth-order valence-corrected chi connectivity index (χ4v) is 13.9. The van der Waals surface area contributed by atoms with E-state index in [0.717, 1.165) is 0 Å². The second kappa shape index (κ2) is 30.2. The van der Waals surface area contributed by atoms with E-state index in [1.807, 2.05) is 0 Å². The second-order valence-corrected chi connectivity index (χ2v) is 24.3. The quantitative estimate of drug-likeness (QED) is 0.0182. The highest BCUT2D eigenvalue weighted by Crippen LogP contribution is 2.45. The molecule has 0 unspecified atom stereocenters. The van der Waals surface area contributed by atoms with Gasteiger partial charge in [0.15, 0.2) is 17.0 Å². The van der Waals surface area contributed by atoms with Crippen molar-refractivity contribution in [3.05, 3.63) is 160 Å².